The summed E-state index contributed by atoms with van der Waals surface area (Å²) in [7, 11) is 0. The van der Waals surface area contributed by atoms with E-state index in [9.17, 15) is 5.11 Å². The van der Waals surface area contributed by atoms with Crippen LogP contribution in [0.2, 0.25) is 0 Å². The summed E-state index contributed by atoms with van der Waals surface area (Å²) in [6.45, 7) is 0.295. The highest BCUT2D eigenvalue weighted by molar-refractivity contribution is 6.21. The first-order valence-corrected chi connectivity index (χ1v) is 4.94. The van der Waals surface area contributed by atoms with Crippen LogP contribution in [0.25, 0.3) is 0 Å². The van der Waals surface area contributed by atoms with Gasteiger partial charge < -0.3 is 19.3 Å². The van der Waals surface area contributed by atoms with E-state index in [0.717, 1.165) is 0 Å². The summed E-state index contributed by atoms with van der Waals surface area (Å²) in [5.41, 5.74) is -0.935. The molecule has 1 N–H and O–H groups in total. The standard InChI is InChI=1S/C8H9ClO4/c9-2-3-5-7(13-5)8(10,1-11-3)6-4(2)12-6/h2-7,10H,1H2. The van der Waals surface area contributed by atoms with Gasteiger partial charge in [-0.05, 0) is 0 Å². The Morgan fingerprint density at radius 2 is 1.85 bits per heavy atom. The molecule has 1 aliphatic carbocycles. The van der Waals surface area contributed by atoms with E-state index in [0.29, 0.717) is 6.61 Å². The van der Waals surface area contributed by atoms with Crippen LogP contribution in [0.4, 0.5) is 0 Å². The SMILES string of the molecule is OC12COC(C(Cl)C3OC31)C1OC12. The fourth-order valence-electron chi connectivity index (χ4n) is 2.65. The first-order valence-electron chi connectivity index (χ1n) is 4.51. The Morgan fingerprint density at radius 3 is 2.69 bits per heavy atom. The van der Waals surface area contributed by atoms with Gasteiger partial charge in [-0.2, -0.15) is 0 Å². The fraction of sp³-hybridized carbons (Fsp3) is 1.00. The van der Waals surface area contributed by atoms with E-state index >= 15 is 0 Å². The number of hydrogen-bond acceptors (Lipinski definition) is 4. The third-order valence-corrected chi connectivity index (χ3v) is 3.99. The number of aliphatic hydroxyl groups is 1. The number of halogens is 1. The molecular formula is C8H9ClO4. The Morgan fingerprint density at radius 1 is 1.15 bits per heavy atom. The van der Waals surface area contributed by atoms with Crippen molar-refractivity contribution in [2.24, 2.45) is 0 Å². The van der Waals surface area contributed by atoms with E-state index in [1.807, 2.05) is 0 Å². The molecule has 0 aromatic heterocycles. The van der Waals surface area contributed by atoms with Gasteiger partial charge in [0.1, 0.15) is 36.1 Å². The lowest BCUT2D eigenvalue weighted by atomic mass is 9.93. The largest absolute Gasteiger partial charge is 0.382 e. The van der Waals surface area contributed by atoms with Gasteiger partial charge in [0.2, 0.25) is 0 Å². The maximum atomic E-state index is 10.2. The Hall–Kier alpha value is 0.130. The quantitative estimate of drug-likeness (QED) is 0.418. The summed E-state index contributed by atoms with van der Waals surface area (Å²) < 4.78 is 16.2. The van der Waals surface area contributed by atoms with Crippen molar-refractivity contribution in [3.05, 3.63) is 0 Å². The molecule has 5 rings (SSSR count). The van der Waals surface area contributed by atoms with E-state index in [-0.39, 0.29) is 35.9 Å². The van der Waals surface area contributed by atoms with Gasteiger partial charge in [-0.15, -0.1) is 11.6 Å². The molecule has 4 nitrogen and oxygen atoms in total. The smallest absolute Gasteiger partial charge is 0.145 e. The lowest BCUT2D eigenvalue weighted by Gasteiger charge is -2.29. The molecule has 2 bridgehead atoms. The van der Waals surface area contributed by atoms with Gasteiger partial charge in [0, 0.05) is 0 Å². The van der Waals surface area contributed by atoms with Crippen LogP contribution in [0.15, 0.2) is 0 Å². The topological polar surface area (TPSA) is 54.5 Å². The summed E-state index contributed by atoms with van der Waals surface area (Å²) in [6.07, 6.45) is -0.403. The van der Waals surface area contributed by atoms with Gasteiger partial charge in [-0.3, -0.25) is 0 Å². The van der Waals surface area contributed by atoms with Crippen LogP contribution in [-0.4, -0.2) is 53.2 Å². The summed E-state index contributed by atoms with van der Waals surface area (Å²) in [5.74, 6) is 0. The highest BCUT2D eigenvalue weighted by Crippen LogP contribution is 2.55. The van der Waals surface area contributed by atoms with Crippen molar-refractivity contribution in [3.8, 4) is 0 Å². The van der Waals surface area contributed by atoms with Crippen molar-refractivity contribution in [3.63, 3.8) is 0 Å². The van der Waals surface area contributed by atoms with Crippen LogP contribution in [0, 0.1) is 0 Å². The van der Waals surface area contributed by atoms with Gasteiger partial charge in [0.25, 0.3) is 0 Å². The van der Waals surface area contributed by atoms with Crippen LogP contribution in [0.3, 0.4) is 0 Å². The van der Waals surface area contributed by atoms with Crippen LogP contribution < -0.4 is 0 Å². The molecule has 4 heterocycles. The number of epoxide rings is 2. The molecule has 4 saturated heterocycles. The van der Waals surface area contributed by atoms with Crippen molar-refractivity contribution in [2.75, 3.05) is 6.61 Å². The molecule has 13 heavy (non-hydrogen) atoms. The van der Waals surface area contributed by atoms with Gasteiger partial charge >= 0.3 is 0 Å². The summed E-state index contributed by atoms with van der Waals surface area (Å²) in [5, 5.41) is 10.0. The zero-order chi connectivity index (χ0) is 8.79. The molecule has 7 atom stereocenters. The zero-order valence-electron chi connectivity index (χ0n) is 6.72. The predicted molar refractivity (Wildman–Crippen MR) is 41.7 cm³/mol. The van der Waals surface area contributed by atoms with Crippen LogP contribution in [-0.2, 0) is 14.2 Å². The third-order valence-electron chi connectivity index (χ3n) is 3.49. The second-order valence-corrected chi connectivity index (χ2v) is 4.76. The van der Waals surface area contributed by atoms with E-state index < -0.39 is 5.60 Å². The molecule has 5 fully saturated rings. The molecule has 7 unspecified atom stereocenters. The Bertz CT molecular complexity index is 283. The third kappa shape index (κ3) is 0.701. The minimum absolute atomic E-state index is 0.00218. The van der Waals surface area contributed by atoms with Gasteiger partial charge in [-0.1, -0.05) is 0 Å². The summed E-state index contributed by atoms with van der Waals surface area (Å²) in [4.78, 5) is 0. The summed E-state index contributed by atoms with van der Waals surface area (Å²) >= 11 is 6.15. The first kappa shape index (κ1) is 7.43. The van der Waals surface area contributed by atoms with Gasteiger partial charge in [0.15, 0.2) is 0 Å². The monoisotopic (exact) mass is 204 g/mol. The minimum atomic E-state index is -0.935. The second kappa shape index (κ2) is 1.90. The molecule has 0 aromatic rings. The number of ether oxygens (including phenoxy) is 3. The van der Waals surface area contributed by atoms with Crippen LogP contribution in [0.5, 0.6) is 0 Å². The number of hydrogen-bond donors (Lipinski definition) is 1. The van der Waals surface area contributed by atoms with Crippen molar-refractivity contribution >= 4 is 11.6 Å². The lowest BCUT2D eigenvalue weighted by Crippen LogP contribution is -2.51. The first-order chi connectivity index (χ1) is 6.22. The number of alkyl halides is 1. The normalized spacial score (nSPS) is 72.5. The molecule has 0 spiro atoms. The number of fused-ring (bicyclic) bond motifs is 1. The maximum Gasteiger partial charge on any atom is 0.145 e. The molecule has 0 aromatic carbocycles. The van der Waals surface area contributed by atoms with E-state index in [1.165, 1.54) is 0 Å². The van der Waals surface area contributed by atoms with Crippen molar-refractivity contribution in [2.45, 2.75) is 41.5 Å². The van der Waals surface area contributed by atoms with E-state index in [4.69, 9.17) is 25.8 Å². The van der Waals surface area contributed by atoms with Crippen molar-refractivity contribution in [1.82, 2.24) is 0 Å². The molecule has 72 valence electrons. The fourth-order valence-corrected chi connectivity index (χ4v) is 3.06. The lowest BCUT2D eigenvalue weighted by molar-refractivity contribution is -0.109. The molecule has 0 amide bonds. The van der Waals surface area contributed by atoms with Crippen molar-refractivity contribution < 1.29 is 19.3 Å². The van der Waals surface area contributed by atoms with Gasteiger partial charge in [0.05, 0.1) is 12.0 Å². The van der Waals surface area contributed by atoms with Crippen LogP contribution >= 0.6 is 11.6 Å². The highest BCUT2D eigenvalue weighted by atomic mass is 35.5. The maximum absolute atomic E-state index is 10.2. The molecule has 5 aliphatic rings. The summed E-state index contributed by atoms with van der Waals surface area (Å²) in [6, 6.07) is 0. The molecule has 5 heteroatoms. The van der Waals surface area contributed by atoms with E-state index in [2.05, 4.69) is 0 Å². The molecular weight excluding hydrogens is 196 g/mol. The molecule has 0 radical (unpaired) electrons. The van der Waals surface area contributed by atoms with Crippen molar-refractivity contribution in [1.29, 1.82) is 0 Å². The zero-order valence-corrected chi connectivity index (χ0v) is 7.48. The van der Waals surface area contributed by atoms with Gasteiger partial charge in [-0.25, -0.2) is 0 Å². The van der Waals surface area contributed by atoms with Crippen LogP contribution in [0.1, 0.15) is 0 Å². The Kier molecular flexibility index (Phi) is 1.08. The minimum Gasteiger partial charge on any atom is -0.382 e. The Balaban J connectivity index is 1.83. The second-order valence-electron chi connectivity index (χ2n) is 4.25. The number of rotatable bonds is 0. The Labute approximate surface area is 79.7 Å². The molecule has 4 aliphatic heterocycles. The average Bonchev–Trinajstić information content (AvgIpc) is 2.94. The predicted octanol–water partition coefficient (Wildman–Crippen LogP) is -0.728. The molecule has 1 saturated carbocycles. The average molecular weight is 205 g/mol. The van der Waals surface area contributed by atoms with E-state index in [1.54, 1.807) is 0 Å². The highest BCUT2D eigenvalue weighted by Gasteiger charge is 2.76.